The quantitative estimate of drug-likeness (QED) is 0.664. The molecule has 0 aliphatic rings. The summed E-state index contributed by atoms with van der Waals surface area (Å²) in [5, 5.41) is 9.37. The highest BCUT2D eigenvalue weighted by Gasteiger charge is 2.12. The van der Waals surface area contributed by atoms with Crippen molar-refractivity contribution in [2.45, 2.75) is 26.2 Å². The first-order valence-electron chi connectivity index (χ1n) is 8.22. The van der Waals surface area contributed by atoms with Gasteiger partial charge < -0.3 is 0 Å². The number of aromatic nitrogens is 2. The van der Waals surface area contributed by atoms with Crippen LogP contribution in [0, 0.1) is 11.3 Å². The summed E-state index contributed by atoms with van der Waals surface area (Å²) in [7, 11) is 0. The van der Waals surface area contributed by atoms with Gasteiger partial charge in [-0.2, -0.15) is 5.26 Å². The lowest BCUT2D eigenvalue weighted by molar-refractivity contribution is 0.795. The van der Waals surface area contributed by atoms with Gasteiger partial charge in [0.25, 0.3) is 0 Å². The monoisotopic (exact) mass is 313 g/mol. The predicted molar refractivity (Wildman–Crippen MR) is 96.2 cm³/mol. The average molecular weight is 313 g/mol. The number of hydrogen-bond donors (Lipinski definition) is 0. The Morgan fingerprint density at radius 1 is 1.00 bits per heavy atom. The molecule has 0 atom stereocenters. The topological polar surface area (TPSA) is 49.6 Å². The highest BCUT2D eigenvalue weighted by Crippen LogP contribution is 2.31. The summed E-state index contributed by atoms with van der Waals surface area (Å²) >= 11 is 0. The fourth-order valence-electron chi connectivity index (χ4n) is 2.77. The lowest BCUT2D eigenvalue weighted by atomic mass is 9.96. The molecule has 0 aliphatic heterocycles. The van der Waals surface area contributed by atoms with Crippen LogP contribution >= 0.6 is 0 Å². The number of aryl methyl sites for hydroxylation is 1. The van der Waals surface area contributed by atoms with Crippen molar-refractivity contribution in [2.24, 2.45) is 0 Å². The summed E-state index contributed by atoms with van der Waals surface area (Å²) in [5.74, 6) is 0. The van der Waals surface area contributed by atoms with E-state index >= 15 is 0 Å². The third-order valence-electron chi connectivity index (χ3n) is 4.10. The van der Waals surface area contributed by atoms with Gasteiger partial charge in [-0.1, -0.05) is 55.8 Å². The van der Waals surface area contributed by atoms with Crippen molar-refractivity contribution in [1.82, 2.24) is 9.97 Å². The van der Waals surface area contributed by atoms with Crippen LogP contribution in [0.1, 0.15) is 30.9 Å². The summed E-state index contributed by atoms with van der Waals surface area (Å²) < 4.78 is 0. The van der Waals surface area contributed by atoms with Gasteiger partial charge in [0.15, 0.2) is 0 Å². The summed E-state index contributed by atoms with van der Waals surface area (Å²) in [6, 6.07) is 18.3. The summed E-state index contributed by atoms with van der Waals surface area (Å²) in [6.45, 7) is 2.20. The Kier molecular flexibility index (Phi) is 4.98. The minimum atomic E-state index is 0.622. The molecule has 0 fully saturated rings. The van der Waals surface area contributed by atoms with Crippen LogP contribution in [0.15, 0.2) is 61.1 Å². The minimum absolute atomic E-state index is 0.622. The van der Waals surface area contributed by atoms with Gasteiger partial charge in [-0.15, -0.1) is 0 Å². The van der Waals surface area contributed by atoms with Gasteiger partial charge in [0, 0.05) is 17.3 Å². The molecule has 24 heavy (non-hydrogen) atoms. The predicted octanol–water partition coefficient (Wildman–Crippen LogP) is 5.02. The zero-order valence-corrected chi connectivity index (χ0v) is 13.7. The molecule has 0 spiro atoms. The van der Waals surface area contributed by atoms with Gasteiger partial charge in [-0.05, 0) is 30.0 Å². The maximum Gasteiger partial charge on any atom is 0.116 e. The molecule has 3 nitrogen and oxygen atoms in total. The second-order valence-electron chi connectivity index (χ2n) is 5.74. The van der Waals surface area contributed by atoms with E-state index in [0.717, 1.165) is 28.8 Å². The zero-order valence-electron chi connectivity index (χ0n) is 13.7. The molecule has 118 valence electrons. The molecule has 0 amide bonds. The van der Waals surface area contributed by atoms with Crippen molar-refractivity contribution in [3.8, 4) is 28.5 Å². The van der Waals surface area contributed by atoms with Crippen LogP contribution in [-0.2, 0) is 6.42 Å². The van der Waals surface area contributed by atoms with Crippen molar-refractivity contribution in [1.29, 1.82) is 5.26 Å². The third kappa shape index (κ3) is 3.33. The highest BCUT2D eigenvalue weighted by molar-refractivity contribution is 5.82. The number of nitriles is 1. The minimum Gasteiger partial charge on any atom is -0.244 e. The molecule has 3 aromatic rings. The fourth-order valence-corrected chi connectivity index (χ4v) is 2.77. The van der Waals surface area contributed by atoms with Crippen LogP contribution < -0.4 is 0 Å². The Bertz CT molecular complexity index is 861. The van der Waals surface area contributed by atoms with E-state index in [0.29, 0.717) is 5.56 Å². The van der Waals surface area contributed by atoms with E-state index in [9.17, 15) is 5.26 Å². The van der Waals surface area contributed by atoms with E-state index in [1.807, 2.05) is 30.5 Å². The molecule has 1 heterocycles. The van der Waals surface area contributed by atoms with Crippen LogP contribution in [0.25, 0.3) is 22.4 Å². The summed E-state index contributed by atoms with van der Waals surface area (Å²) in [4.78, 5) is 8.62. The van der Waals surface area contributed by atoms with Crippen molar-refractivity contribution in [3.05, 3.63) is 72.2 Å². The van der Waals surface area contributed by atoms with Gasteiger partial charge in [-0.25, -0.2) is 9.97 Å². The molecule has 3 heteroatoms. The van der Waals surface area contributed by atoms with Gasteiger partial charge >= 0.3 is 0 Å². The van der Waals surface area contributed by atoms with E-state index in [1.54, 1.807) is 0 Å². The molecule has 0 aliphatic carbocycles. The van der Waals surface area contributed by atoms with Crippen LogP contribution in [0.3, 0.4) is 0 Å². The maximum absolute atomic E-state index is 9.37. The van der Waals surface area contributed by atoms with Crippen LogP contribution in [0.2, 0.25) is 0 Å². The zero-order chi connectivity index (χ0) is 16.8. The molecule has 0 unspecified atom stereocenters. The average Bonchev–Trinajstić information content (AvgIpc) is 2.67. The van der Waals surface area contributed by atoms with Crippen LogP contribution in [0.5, 0.6) is 0 Å². The lowest BCUT2D eigenvalue weighted by Crippen LogP contribution is -1.93. The number of benzene rings is 2. The standard InChI is InChI=1S/C21H19N3/c1-2-3-6-16-9-11-17(12-10-16)20-14-23-15-24-21(20)19-8-5-4-7-18(19)13-22/h4-5,7-12,14-15H,2-3,6H2,1H3. The van der Waals surface area contributed by atoms with E-state index in [1.165, 1.54) is 24.7 Å². The van der Waals surface area contributed by atoms with Crippen molar-refractivity contribution in [3.63, 3.8) is 0 Å². The SMILES string of the molecule is CCCCc1ccc(-c2cncnc2-c2ccccc2C#N)cc1. The van der Waals surface area contributed by atoms with E-state index in [-0.39, 0.29) is 0 Å². The van der Waals surface area contributed by atoms with Gasteiger partial charge in [0.2, 0.25) is 0 Å². The summed E-state index contributed by atoms with van der Waals surface area (Å²) in [6.07, 6.45) is 6.85. The Morgan fingerprint density at radius 2 is 1.79 bits per heavy atom. The Balaban J connectivity index is 2.02. The first kappa shape index (κ1) is 15.9. The van der Waals surface area contributed by atoms with Crippen molar-refractivity contribution < 1.29 is 0 Å². The molecule has 0 saturated heterocycles. The van der Waals surface area contributed by atoms with E-state index < -0.39 is 0 Å². The largest absolute Gasteiger partial charge is 0.244 e. The second-order valence-corrected chi connectivity index (χ2v) is 5.74. The number of rotatable bonds is 5. The second kappa shape index (κ2) is 7.52. The molecule has 1 aromatic heterocycles. The molecule has 0 radical (unpaired) electrons. The van der Waals surface area contributed by atoms with Crippen molar-refractivity contribution in [2.75, 3.05) is 0 Å². The first-order valence-corrected chi connectivity index (χ1v) is 8.22. The molecule has 2 aromatic carbocycles. The third-order valence-corrected chi connectivity index (χ3v) is 4.10. The first-order chi connectivity index (χ1) is 11.8. The van der Waals surface area contributed by atoms with Crippen LogP contribution in [-0.4, -0.2) is 9.97 Å². The molecular formula is C21H19N3. The van der Waals surface area contributed by atoms with Crippen LogP contribution in [0.4, 0.5) is 0 Å². The maximum atomic E-state index is 9.37. The molecular weight excluding hydrogens is 294 g/mol. The lowest BCUT2D eigenvalue weighted by Gasteiger charge is -2.10. The van der Waals surface area contributed by atoms with E-state index in [2.05, 4.69) is 47.2 Å². The molecule has 0 N–H and O–H groups in total. The van der Waals surface area contributed by atoms with Gasteiger partial charge in [0.05, 0.1) is 17.3 Å². The Morgan fingerprint density at radius 3 is 2.54 bits per heavy atom. The number of hydrogen-bond acceptors (Lipinski definition) is 3. The molecule has 3 rings (SSSR count). The molecule has 0 saturated carbocycles. The van der Waals surface area contributed by atoms with Gasteiger partial charge in [0.1, 0.15) is 6.33 Å². The number of nitrogens with zero attached hydrogens (tertiary/aromatic N) is 3. The van der Waals surface area contributed by atoms with E-state index in [4.69, 9.17) is 0 Å². The number of unbranched alkanes of at least 4 members (excludes halogenated alkanes) is 1. The fraction of sp³-hybridized carbons (Fsp3) is 0.190. The van der Waals surface area contributed by atoms with Crippen molar-refractivity contribution >= 4 is 0 Å². The normalized spacial score (nSPS) is 10.3. The molecule has 0 bridgehead atoms. The summed E-state index contributed by atoms with van der Waals surface area (Å²) in [5.41, 5.74) is 5.62. The van der Waals surface area contributed by atoms with Gasteiger partial charge in [-0.3, -0.25) is 0 Å². The highest BCUT2D eigenvalue weighted by atomic mass is 14.8. The Hall–Kier alpha value is -2.99. The Labute approximate surface area is 142 Å². The smallest absolute Gasteiger partial charge is 0.116 e.